The molecule has 2 atom stereocenters. The lowest BCUT2D eigenvalue weighted by atomic mass is 9.99. The molecule has 0 bridgehead atoms. The van der Waals surface area contributed by atoms with E-state index >= 15 is 0 Å². The summed E-state index contributed by atoms with van der Waals surface area (Å²) in [5.74, 6) is 1.24. The highest BCUT2D eigenvalue weighted by atomic mass is 127. The molecule has 27 heavy (non-hydrogen) atoms. The van der Waals surface area contributed by atoms with Crippen molar-refractivity contribution in [1.29, 1.82) is 0 Å². The highest BCUT2D eigenvalue weighted by molar-refractivity contribution is 14.0. The Morgan fingerprint density at radius 3 is 2.70 bits per heavy atom. The number of likely N-dealkylation sites (tertiary alicyclic amines) is 1. The predicted octanol–water partition coefficient (Wildman–Crippen LogP) is 3.77. The summed E-state index contributed by atoms with van der Waals surface area (Å²) in [5.41, 5.74) is 2.51. The van der Waals surface area contributed by atoms with Gasteiger partial charge >= 0.3 is 6.18 Å². The Kier molecular flexibility index (Phi) is 9.86. The van der Waals surface area contributed by atoms with Crippen molar-refractivity contribution in [3.8, 4) is 0 Å². The molecule has 0 aliphatic carbocycles. The van der Waals surface area contributed by atoms with Gasteiger partial charge in [-0.05, 0) is 37.3 Å². The molecular formula is C19H30F3IN4. The normalized spacial score (nSPS) is 19.5. The molecule has 0 amide bonds. The number of hydrogen-bond acceptors (Lipinski definition) is 2. The fourth-order valence-corrected chi connectivity index (χ4v) is 3.28. The molecule has 0 aromatic heterocycles. The Balaban J connectivity index is 0.00000364. The number of guanidine groups is 1. The van der Waals surface area contributed by atoms with Crippen molar-refractivity contribution in [3.63, 3.8) is 0 Å². The largest absolute Gasteiger partial charge is 0.401 e. The smallest absolute Gasteiger partial charge is 0.356 e. The summed E-state index contributed by atoms with van der Waals surface area (Å²) in [5, 5.41) is 6.55. The van der Waals surface area contributed by atoms with E-state index in [9.17, 15) is 13.2 Å². The summed E-state index contributed by atoms with van der Waals surface area (Å²) in [4.78, 5) is 5.69. The quantitative estimate of drug-likeness (QED) is 0.357. The van der Waals surface area contributed by atoms with Crippen molar-refractivity contribution in [3.05, 3.63) is 35.4 Å². The molecule has 154 valence electrons. The maximum absolute atomic E-state index is 12.5. The van der Waals surface area contributed by atoms with Gasteiger partial charge in [0.1, 0.15) is 0 Å². The summed E-state index contributed by atoms with van der Waals surface area (Å²) in [6.45, 7) is 5.77. The summed E-state index contributed by atoms with van der Waals surface area (Å²) in [7, 11) is 1.71. The van der Waals surface area contributed by atoms with Gasteiger partial charge in [0, 0.05) is 26.7 Å². The molecule has 1 heterocycles. The van der Waals surface area contributed by atoms with Crippen LogP contribution in [0, 0.1) is 12.8 Å². The SMILES string of the molecule is CN=C(NCC1CCN(CC(F)(F)F)C1)NCC(C)c1cccc(C)c1.I. The van der Waals surface area contributed by atoms with Crippen LogP contribution < -0.4 is 10.6 Å². The molecule has 2 rings (SSSR count). The van der Waals surface area contributed by atoms with Crippen LogP contribution in [0.5, 0.6) is 0 Å². The summed E-state index contributed by atoms with van der Waals surface area (Å²) in [6, 6.07) is 8.43. The zero-order valence-electron chi connectivity index (χ0n) is 16.1. The molecule has 8 heteroatoms. The monoisotopic (exact) mass is 498 g/mol. The molecule has 4 nitrogen and oxygen atoms in total. The number of benzene rings is 1. The second-order valence-electron chi connectivity index (χ2n) is 7.15. The van der Waals surface area contributed by atoms with Gasteiger partial charge in [-0.15, -0.1) is 24.0 Å². The van der Waals surface area contributed by atoms with Crippen molar-refractivity contribution >= 4 is 29.9 Å². The third-order valence-corrected chi connectivity index (χ3v) is 4.74. The van der Waals surface area contributed by atoms with Gasteiger partial charge in [-0.1, -0.05) is 36.8 Å². The minimum Gasteiger partial charge on any atom is -0.356 e. The highest BCUT2D eigenvalue weighted by Gasteiger charge is 2.34. The number of alkyl halides is 3. The Bertz CT molecular complexity index is 607. The van der Waals surface area contributed by atoms with Gasteiger partial charge in [-0.2, -0.15) is 13.2 Å². The van der Waals surface area contributed by atoms with Crippen molar-refractivity contribution < 1.29 is 13.2 Å². The number of nitrogens with one attached hydrogen (secondary N) is 2. The summed E-state index contributed by atoms with van der Waals surface area (Å²) in [6.07, 6.45) is -3.34. The molecule has 1 fully saturated rings. The van der Waals surface area contributed by atoms with Gasteiger partial charge in [0.05, 0.1) is 6.54 Å². The van der Waals surface area contributed by atoms with Crippen LogP contribution in [0.1, 0.15) is 30.4 Å². The first-order chi connectivity index (χ1) is 12.3. The lowest BCUT2D eigenvalue weighted by Crippen LogP contribution is -2.41. The number of aryl methyl sites for hydroxylation is 1. The molecular weight excluding hydrogens is 468 g/mol. The molecule has 1 aromatic rings. The zero-order valence-corrected chi connectivity index (χ0v) is 18.5. The van der Waals surface area contributed by atoms with Crippen LogP contribution in [0.3, 0.4) is 0 Å². The molecule has 2 unspecified atom stereocenters. The standard InChI is InChI=1S/C19H29F3N4.HI/c1-14-5-4-6-17(9-14)15(2)10-24-18(23-3)25-11-16-7-8-26(12-16)13-19(20,21)22;/h4-6,9,15-16H,7-8,10-13H2,1-3H3,(H2,23,24,25);1H. The number of halogens is 4. The summed E-state index contributed by atoms with van der Waals surface area (Å²) >= 11 is 0. The second kappa shape index (κ2) is 11.1. The van der Waals surface area contributed by atoms with Gasteiger partial charge in [0.25, 0.3) is 0 Å². The van der Waals surface area contributed by atoms with Crippen LogP contribution in [0.25, 0.3) is 0 Å². The molecule has 1 aliphatic rings. The van der Waals surface area contributed by atoms with Crippen LogP contribution in [0.15, 0.2) is 29.3 Å². The molecule has 1 aromatic carbocycles. The molecule has 0 spiro atoms. The zero-order chi connectivity index (χ0) is 19.2. The van der Waals surface area contributed by atoms with Gasteiger partial charge in [-0.3, -0.25) is 9.89 Å². The van der Waals surface area contributed by atoms with Crippen molar-refractivity contribution in [2.45, 2.75) is 32.4 Å². The maximum Gasteiger partial charge on any atom is 0.401 e. The third kappa shape index (κ3) is 8.68. The van der Waals surface area contributed by atoms with E-state index in [2.05, 4.69) is 53.7 Å². The fourth-order valence-electron chi connectivity index (χ4n) is 3.28. The average Bonchev–Trinajstić information content (AvgIpc) is 3.00. The minimum atomic E-state index is -4.12. The molecule has 0 saturated carbocycles. The van der Waals surface area contributed by atoms with E-state index in [1.54, 1.807) is 7.05 Å². The number of nitrogens with zero attached hydrogens (tertiary/aromatic N) is 2. The van der Waals surface area contributed by atoms with Crippen LogP contribution in [-0.2, 0) is 0 Å². The van der Waals surface area contributed by atoms with E-state index < -0.39 is 12.7 Å². The first-order valence-corrected chi connectivity index (χ1v) is 9.07. The van der Waals surface area contributed by atoms with Crippen molar-refractivity contribution in [2.24, 2.45) is 10.9 Å². The van der Waals surface area contributed by atoms with E-state index in [-0.39, 0.29) is 29.9 Å². The Labute approximate surface area is 177 Å². The lowest BCUT2D eigenvalue weighted by molar-refractivity contribution is -0.143. The topological polar surface area (TPSA) is 39.7 Å². The maximum atomic E-state index is 12.5. The fraction of sp³-hybridized carbons (Fsp3) is 0.632. The summed E-state index contributed by atoms with van der Waals surface area (Å²) < 4.78 is 37.4. The Morgan fingerprint density at radius 1 is 1.33 bits per heavy atom. The molecule has 1 aliphatic heterocycles. The Hall–Kier alpha value is -1.03. The van der Waals surface area contributed by atoms with Crippen molar-refractivity contribution in [1.82, 2.24) is 15.5 Å². The number of hydrogen-bond donors (Lipinski definition) is 2. The van der Waals surface area contributed by atoms with Gasteiger partial charge in [-0.25, -0.2) is 0 Å². The van der Waals surface area contributed by atoms with Crippen LogP contribution in [0.2, 0.25) is 0 Å². The van der Waals surface area contributed by atoms with Gasteiger partial charge in [0.15, 0.2) is 5.96 Å². The molecule has 0 radical (unpaired) electrons. The van der Waals surface area contributed by atoms with E-state index in [1.165, 1.54) is 16.0 Å². The predicted molar refractivity (Wildman–Crippen MR) is 115 cm³/mol. The van der Waals surface area contributed by atoms with Gasteiger partial charge in [0.2, 0.25) is 0 Å². The van der Waals surface area contributed by atoms with E-state index in [4.69, 9.17) is 0 Å². The second-order valence-corrected chi connectivity index (χ2v) is 7.15. The molecule has 1 saturated heterocycles. The first kappa shape index (κ1) is 24.0. The molecule has 2 N–H and O–H groups in total. The Morgan fingerprint density at radius 2 is 2.07 bits per heavy atom. The minimum absolute atomic E-state index is 0. The van der Waals surface area contributed by atoms with E-state index in [0.29, 0.717) is 31.5 Å². The number of aliphatic imine (C=N–C) groups is 1. The highest BCUT2D eigenvalue weighted by Crippen LogP contribution is 2.22. The first-order valence-electron chi connectivity index (χ1n) is 9.07. The third-order valence-electron chi connectivity index (χ3n) is 4.74. The lowest BCUT2D eigenvalue weighted by Gasteiger charge is -2.19. The van der Waals surface area contributed by atoms with E-state index in [1.807, 2.05) is 0 Å². The van der Waals surface area contributed by atoms with Crippen LogP contribution in [-0.4, -0.2) is 56.8 Å². The van der Waals surface area contributed by atoms with Crippen LogP contribution >= 0.6 is 24.0 Å². The average molecular weight is 498 g/mol. The van der Waals surface area contributed by atoms with E-state index in [0.717, 1.165) is 13.0 Å². The van der Waals surface area contributed by atoms with Crippen molar-refractivity contribution in [2.75, 3.05) is 39.8 Å². The van der Waals surface area contributed by atoms with Gasteiger partial charge < -0.3 is 10.6 Å². The van der Waals surface area contributed by atoms with Crippen LogP contribution in [0.4, 0.5) is 13.2 Å². The number of rotatable bonds is 6.